The molecule has 0 bridgehead atoms. The maximum atomic E-state index is 11.9. The first-order valence-corrected chi connectivity index (χ1v) is 6.60. The minimum Gasteiger partial charge on any atom is -0.507 e. The van der Waals surface area contributed by atoms with E-state index in [-0.39, 0.29) is 22.7 Å². The number of nitrogens with zero attached hydrogens (tertiary/aromatic N) is 2. The molecule has 0 fully saturated rings. The molecule has 0 spiro atoms. The molecule has 0 aliphatic carbocycles. The lowest BCUT2D eigenvalue weighted by molar-refractivity contribution is -0.384. The molecule has 7 nitrogen and oxygen atoms in total. The Kier molecular flexibility index (Phi) is 3.60. The van der Waals surface area contributed by atoms with E-state index in [4.69, 9.17) is 0 Å². The van der Waals surface area contributed by atoms with Crippen molar-refractivity contribution in [1.29, 1.82) is 0 Å². The van der Waals surface area contributed by atoms with Crippen LogP contribution in [0.2, 0.25) is 0 Å². The van der Waals surface area contributed by atoms with Crippen LogP contribution in [-0.2, 0) is 9.63 Å². The fourth-order valence-electron chi connectivity index (χ4n) is 2.12. The van der Waals surface area contributed by atoms with Crippen molar-refractivity contribution in [2.24, 2.45) is 5.16 Å². The van der Waals surface area contributed by atoms with Crippen LogP contribution in [0.5, 0.6) is 5.75 Å². The number of oxime groups is 1. The van der Waals surface area contributed by atoms with Crippen LogP contribution in [0.25, 0.3) is 6.08 Å². The van der Waals surface area contributed by atoms with Crippen molar-refractivity contribution in [3.8, 4) is 5.75 Å². The molecule has 0 atom stereocenters. The second kappa shape index (κ2) is 5.72. The number of phenols is 1. The fourth-order valence-corrected chi connectivity index (χ4v) is 2.12. The molecule has 23 heavy (non-hydrogen) atoms. The Hall–Kier alpha value is -3.48. The van der Waals surface area contributed by atoms with Gasteiger partial charge in [-0.05, 0) is 24.3 Å². The number of rotatable bonds is 3. The first-order chi connectivity index (χ1) is 11.1. The van der Waals surface area contributed by atoms with Gasteiger partial charge in [-0.2, -0.15) is 0 Å². The van der Waals surface area contributed by atoms with E-state index in [2.05, 4.69) is 9.99 Å². The number of phenolic OH excluding ortho intramolecular Hbond substituents is 1. The Balaban J connectivity index is 2.00. The number of hydrogen-bond acceptors (Lipinski definition) is 6. The van der Waals surface area contributed by atoms with E-state index in [1.165, 1.54) is 36.4 Å². The molecule has 2 aromatic rings. The van der Waals surface area contributed by atoms with E-state index in [0.717, 1.165) is 0 Å². The van der Waals surface area contributed by atoms with Gasteiger partial charge >= 0.3 is 5.97 Å². The molecule has 0 saturated carbocycles. The molecule has 3 rings (SSSR count). The van der Waals surface area contributed by atoms with Gasteiger partial charge in [-0.25, -0.2) is 4.79 Å². The number of carbonyl (C=O) groups is 1. The van der Waals surface area contributed by atoms with Gasteiger partial charge in [-0.3, -0.25) is 10.1 Å². The highest BCUT2D eigenvalue weighted by molar-refractivity contribution is 6.31. The Bertz CT molecular complexity index is 853. The van der Waals surface area contributed by atoms with Crippen molar-refractivity contribution in [3.05, 3.63) is 75.3 Å². The molecular weight excluding hydrogens is 300 g/mol. The lowest BCUT2D eigenvalue weighted by Gasteiger charge is -2.02. The molecule has 1 N–H and O–H groups in total. The van der Waals surface area contributed by atoms with Crippen LogP contribution in [0.1, 0.15) is 11.1 Å². The predicted molar refractivity (Wildman–Crippen MR) is 81.8 cm³/mol. The zero-order valence-corrected chi connectivity index (χ0v) is 11.7. The number of carbonyl (C=O) groups excluding carboxylic acids is 1. The van der Waals surface area contributed by atoms with Crippen LogP contribution in [0.3, 0.4) is 0 Å². The number of hydrogen-bond donors (Lipinski definition) is 1. The van der Waals surface area contributed by atoms with Gasteiger partial charge < -0.3 is 9.94 Å². The number of nitro groups is 1. The average Bonchev–Trinajstić information content (AvgIpc) is 2.91. The van der Waals surface area contributed by atoms with Gasteiger partial charge in [0.2, 0.25) is 0 Å². The van der Waals surface area contributed by atoms with Gasteiger partial charge in [0, 0.05) is 23.3 Å². The van der Waals surface area contributed by atoms with Gasteiger partial charge in [-0.15, -0.1) is 0 Å². The molecule has 1 heterocycles. The average molecular weight is 310 g/mol. The molecule has 0 radical (unpaired) electrons. The summed E-state index contributed by atoms with van der Waals surface area (Å²) in [6.07, 6.45) is 1.46. The van der Waals surface area contributed by atoms with E-state index in [9.17, 15) is 20.0 Å². The highest BCUT2D eigenvalue weighted by Crippen LogP contribution is 2.25. The summed E-state index contributed by atoms with van der Waals surface area (Å²) in [6.45, 7) is 0. The van der Waals surface area contributed by atoms with Gasteiger partial charge in [-0.1, -0.05) is 23.4 Å². The third kappa shape index (κ3) is 2.80. The monoisotopic (exact) mass is 310 g/mol. The first kappa shape index (κ1) is 14.5. The SMILES string of the molecule is O=C1ON=C(c2ccc([N+](=O)[O-])cc2)/C1=C/c1ccccc1O. The normalized spacial score (nSPS) is 15.4. The Morgan fingerprint density at radius 2 is 1.83 bits per heavy atom. The third-order valence-electron chi connectivity index (χ3n) is 3.28. The Morgan fingerprint density at radius 3 is 2.48 bits per heavy atom. The quantitative estimate of drug-likeness (QED) is 0.406. The molecule has 0 aromatic heterocycles. The van der Waals surface area contributed by atoms with Crippen molar-refractivity contribution in [3.63, 3.8) is 0 Å². The summed E-state index contributed by atoms with van der Waals surface area (Å²) in [5.74, 6) is -0.635. The summed E-state index contributed by atoms with van der Waals surface area (Å²) in [4.78, 5) is 26.7. The second-order valence-corrected chi connectivity index (χ2v) is 4.74. The highest BCUT2D eigenvalue weighted by atomic mass is 16.7. The van der Waals surface area contributed by atoms with Crippen molar-refractivity contribution >= 4 is 23.4 Å². The Morgan fingerprint density at radius 1 is 1.13 bits per heavy atom. The molecule has 114 valence electrons. The standard InChI is InChI=1S/C16H10N2O5/c19-14-4-2-1-3-11(14)9-13-15(17-23-16(13)20)10-5-7-12(8-6-10)18(21)22/h1-9,19H/b13-9-. The summed E-state index contributed by atoms with van der Waals surface area (Å²) in [6, 6.07) is 12.1. The van der Waals surface area contributed by atoms with E-state index in [0.29, 0.717) is 11.1 Å². The van der Waals surface area contributed by atoms with Crippen molar-refractivity contribution in [1.82, 2.24) is 0 Å². The van der Waals surface area contributed by atoms with Crippen LogP contribution in [0.15, 0.2) is 59.3 Å². The van der Waals surface area contributed by atoms with Crippen LogP contribution in [-0.4, -0.2) is 21.7 Å². The topological polar surface area (TPSA) is 102 Å². The number of para-hydroxylation sites is 1. The minimum atomic E-state index is -0.651. The van der Waals surface area contributed by atoms with E-state index >= 15 is 0 Å². The largest absolute Gasteiger partial charge is 0.507 e. The van der Waals surface area contributed by atoms with E-state index in [1.54, 1.807) is 18.2 Å². The predicted octanol–water partition coefficient (Wildman–Crippen LogP) is 2.64. The summed E-state index contributed by atoms with van der Waals surface area (Å²) >= 11 is 0. The summed E-state index contributed by atoms with van der Waals surface area (Å²) in [7, 11) is 0. The molecular formula is C16H10N2O5. The van der Waals surface area contributed by atoms with Crippen LogP contribution in [0.4, 0.5) is 5.69 Å². The van der Waals surface area contributed by atoms with Crippen molar-refractivity contribution in [2.45, 2.75) is 0 Å². The summed E-state index contributed by atoms with van der Waals surface area (Å²) in [5.41, 5.74) is 1.30. The van der Waals surface area contributed by atoms with E-state index < -0.39 is 10.9 Å². The third-order valence-corrected chi connectivity index (χ3v) is 3.28. The van der Waals surface area contributed by atoms with Gasteiger partial charge in [0.05, 0.1) is 10.5 Å². The van der Waals surface area contributed by atoms with Crippen LogP contribution in [0, 0.1) is 10.1 Å². The maximum absolute atomic E-state index is 11.9. The zero-order valence-electron chi connectivity index (χ0n) is 11.7. The molecule has 2 aromatic carbocycles. The molecule has 0 saturated heterocycles. The number of aromatic hydroxyl groups is 1. The lowest BCUT2D eigenvalue weighted by Crippen LogP contribution is -2.07. The smallest absolute Gasteiger partial charge is 0.368 e. The van der Waals surface area contributed by atoms with Crippen molar-refractivity contribution < 1.29 is 19.7 Å². The number of benzene rings is 2. The second-order valence-electron chi connectivity index (χ2n) is 4.74. The summed E-state index contributed by atoms with van der Waals surface area (Å²) < 4.78 is 0. The molecule has 1 aliphatic rings. The summed E-state index contributed by atoms with van der Waals surface area (Å²) in [5, 5.41) is 24.2. The number of non-ortho nitro benzene ring substituents is 1. The zero-order chi connectivity index (χ0) is 16.4. The number of nitro benzene ring substituents is 1. The lowest BCUT2D eigenvalue weighted by atomic mass is 10.00. The van der Waals surface area contributed by atoms with Crippen LogP contribution >= 0.6 is 0 Å². The van der Waals surface area contributed by atoms with Gasteiger partial charge in [0.25, 0.3) is 5.69 Å². The molecule has 7 heteroatoms. The Labute approximate surface area is 130 Å². The minimum absolute atomic E-state index is 0.0164. The van der Waals surface area contributed by atoms with Crippen LogP contribution < -0.4 is 0 Å². The molecule has 0 amide bonds. The molecule has 1 aliphatic heterocycles. The van der Waals surface area contributed by atoms with E-state index in [1.807, 2.05) is 0 Å². The first-order valence-electron chi connectivity index (χ1n) is 6.60. The maximum Gasteiger partial charge on any atom is 0.368 e. The van der Waals surface area contributed by atoms with Crippen molar-refractivity contribution in [2.75, 3.05) is 0 Å². The highest BCUT2D eigenvalue weighted by Gasteiger charge is 2.27. The molecule has 0 unspecified atom stereocenters. The van der Waals surface area contributed by atoms with Gasteiger partial charge in [0.1, 0.15) is 11.5 Å². The van der Waals surface area contributed by atoms with Gasteiger partial charge in [0.15, 0.2) is 0 Å². The fraction of sp³-hybridized carbons (Fsp3) is 0.